The molecular weight excluding hydrogens is 364 g/mol. The molecule has 0 fully saturated rings. The normalized spacial score (nSPS) is 13.5. The van der Waals surface area contributed by atoms with Gasteiger partial charge < -0.3 is 19.5 Å². The molecule has 2 N–H and O–H groups in total. The summed E-state index contributed by atoms with van der Waals surface area (Å²) >= 11 is 0. The summed E-state index contributed by atoms with van der Waals surface area (Å²) in [5.74, 6) is -0.859. The molecule has 0 aliphatic heterocycles. The molecule has 0 saturated heterocycles. The Labute approximate surface area is 153 Å². The van der Waals surface area contributed by atoms with E-state index < -0.39 is 34.0 Å². The van der Waals surface area contributed by atoms with Crippen molar-refractivity contribution in [3.05, 3.63) is 24.3 Å². The summed E-state index contributed by atoms with van der Waals surface area (Å²) < 4.78 is 41.5. The maximum atomic E-state index is 12.3. The minimum absolute atomic E-state index is 0.0247. The van der Waals surface area contributed by atoms with Crippen molar-refractivity contribution in [1.82, 2.24) is 10.0 Å². The first-order chi connectivity index (χ1) is 12.2. The van der Waals surface area contributed by atoms with Gasteiger partial charge in [0.15, 0.2) is 6.10 Å². The zero-order chi connectivity index (χ0) is 19.7. The molecule has 0 bridgehead atoms. The molecule has 1 rings (SSSR count). The number of nitrogens with one attached hydrogen (secondary N) is 2. The predicted octanol–water partition coefficient (Wildman–Crippen LogP) is 0.0563. The smallest absolute Gasteiger partial charge is 0.324 e. The van der Waals surface area contributed by atoms with E-state index in [9.17, 15) is 18.0 Å². The van der Waals surface area contributed by atoms with E-state index in [0.29, 0.717) is 12.4 Å². The van der Waals surface area contributed by atoms with Crippen LogP contribution in [0.15, 0.2) is 29.2 Å². The van der Waals surface area contributed by atoms with Crippen LogP contribution in [0.3, 0.4) is 0 Å². The molecule has 2 atom stereocenters. The monoisotopic (exact) mass is 388 g/mol. The molecule has 0 spiro atoms. The molecule has 0 saturated carbocycles. The minimum Gasteiger partial charge on any atom is -0.497 e. The first-order valence-electron chi connectivity index (χ1n) is 7.84. The fraction of sp³-hybridized carbons (Fsp3) is 0.500. The van der Waals surface area contributed by atoms with Gasteiger partial charge >= 0.3 is 5.97 Å². The number of methoxy groups -OCH3 is 2. The summed E-state index contributed by atoms with van der Waals surface area (Å²) in [5.41, 5.74) is 0. The van der Waals surface area contributed by atoms with E-state index in [1.54, 1.807) is 0 Å². The zero-order valence-electron chi connectivity index (χ0n) is 15.1. The third-order valence-corrected chi connectivity index (χ3v) is 4.88. The van der Waals surface area contributed by atoms with E-state index >= 15 is 0 Å². The quantitative estimate of drug-likeness (QED) is 0.429. The summed E-state index contributed by atoms with van der Waals surface area (Å²) in [7, 11) is -0.970. The maximum Gasteiger partial charge on any atom is 0.324 e. The second-order valence-corrected chi connectivity index (χ2v) is 7.10. The van der Waals surface area contributed by atoms with Gasteiger partial charge in [0.25, 0.3) is 5.91 Å². The summed E-state index contributed by atoms with van der Waals surface area (Å²) in [6.45, 7) is 3.32. The van der Waals surface area contributed by atoms with E-state index in [1.165, 1.54) is 52.3 Å². The highest BCUT2D eigenvalue weighted by Crippen LogP contribution is 2.15. The summed E-state index contributed by atoms with van der Waals surface area (Å²) in [4.78, 5) is 23.7. The Kier molecular flexibility index (Phi) is 8.49. The number of hydrogen-bond acceptors (Lipinski definition) is 7. The Morgan fingerprint density at radius 2 is 1.73 bits per heavy atom. The molecule has 1 aromatic carbocycles. The Morgan fingerprint density at radius 1 is 1.12 bits per heavy atom. The molecule has 9 nitrogen and oxygen atoms in total. The van der Waals surface area contributed by atoms with Crippen molar-refractivity contribution in [1.29, 1.82) is 0 Å². The van der Waals surface area contributed by atoms with Crippen molar-refractivity contribution in [2.45, 2.75) is 30.9 Å². The molecule has 0 aliphatic rings. The van der Waals surface area contributed by atoms with Crippen LogP contribution in [0.5, 0.6) is 5.75 Å². The Morgan fingerprint density at radius 3 is 2.27 bits per heavy atom. The van der Waals surface area contributed by atoms with Crippen molar-refractivity contribution in [2.75, 3.05) is 27.4 Å². The highest BCUT2D eigenvalue weighted by Gasteiger charge is 2.26. The van der Waals surface area contributed by atoms with Crippen molar-refractivity contribution >= 4 is 21.9 Å². The van der Waals surface area contributed by atoms with E-state index in [4.69, 9.17) is 14.2 Å². The topological polar surface area (TPSA) is 120 Å². The summed E-state index contributed by atoms with van der Waals surface area (Å²) in [5, 5.41) is 2.52. The Hall–Kier alpha value is -2.17. The zero-order valence-corrected chi connectivity index (χ0v) is 16.0. The van der Waals surface area contributed by atoms with Crippen LogP contribution in [-0.2, 0) is 29.1 Å². The van der Waals surface area contributed by atoms with Crippen LogP contribution >= 0.6 is 0 Å². The van der Waals surface area contributed by atoms with Crippen molar-refractivity contribution in [3.63, 3.8) is 0 Å². The largest absolute Gasteiger partial charge is 0.497 e. The summed E-state index contributed by atoms with van der Waals surface area (Å²) in [6.07, 6.45) is -1.06. The molecule has 0 radical (unpaired) electrons. The second kappa shape index (κ2) is 10.1. The van der Waals surface area contributed by atoms with Gasteiger partial charge in [-0.05, 0) is 38.1 Å². The molecular formula is C16H24N2O7S. The van der Waals surface area contributed by atoms with Crippen LogP contribution in [0.2, 0.25) is 0 Å². The number of ether oxygens (including phenoxy) is 3. The Balaban J connectivity index is 2.63. The van der Waals surface area contributed by atoms with Gasteiger partial charge in [-0.1, -0.05) is 0 Å². The van der Waals surface area contributed by atoms with Crippen LogP contribution in [0, 0.1) is 0 Å². The number of esters is 1. The fourth-order valence-electron chi connectivity index (χ4n) is 1.85. The van der Waals surface area contributed by atoms with Crippen LogP contribution < -0.4 is 14.8 Å². The second-order valence-electron chi connectivity index (χ2n) is 5.38. The van der Waals surface area contributed by atoms with Crippen molar-refractivity contribution in [3.8, 4) is 5.75 Å². The van der Waals surface area contributed by atoms with Gasteiger partial charge in [0, 0.05) is 13.7 Å². The van der Waals surface area contributed by atoms with Crippen LogP contribution in [0.1, 0.15) is 13.8 Å². The minimum atomic E-state index is -3.93. The van der Waals surface area contributed by atoms with Gasteiger partial charge in [-0.25, -0.2) is 8.42 Å². The first-order valence-corrected chi connectivity index (χ1v) is 9.33. The van der Waals surface area contributed by atoms with Crippen LogP contribution in [-0.4, -0.2) is 59.8 Å². The van der Waals surface area contributed by atoms with E-state index in [2.05, 4.69) is 10.0 Å². The van der Waals surface area contributed by atoms with Gasteiger partial charge in [0.1, 0.15) is 11.8 Å². The molecule has 10 heteroatoms. The number of benzene rings is 1. The number of sulfonamides is 1. The SMILES string of the molecule is COCCNC(=O)[C@@H](C)OC(=O)[C@H](C)NS(=O)(=O)c1ccc(OC)cc1. The van der Waals surface area contributed by atoms with Crippen LogP contribution in [0.4, 0.5) is 0 Å². The number of carbonyl (C=O) groups is 2. The van der Waals surface area contributed by atoms with E-state index in [1.807, 2.05) is 0 Å². The molecule has 1 amide bonds. The van der Waals surface area contributed by atoms with E-state index in [-0.39, 0.29) is 11.4 Å². The molecule has 0 heterocycles. The number of amides is 1. The first kappa shape index (κ1) is 21.9. The molecule has 1 aromatic rings. The Bertz CT molecular complexity index is 704. The lowest BCUT2D eigenvalue weighted by atomic mass is 10.3. The average Bonchev–Trinajstić information content (AvgIpc) is 2.61. The fourth-order valence-corrected chi connectivity index (χ4v) is 3.05. The molecule has 0 aromatic heterocycles. The molecule has 26 heavy (non-hydrogen) atoms. The summed E-state index contributed by atoms with van der Waals surface area (Å²) in [6, 6.07) is 4.51. The highest BCUT2D eigenvalue weighted by atomic mass is 32.2. The van der Waals surface area contributed by atoms with Gasteiger partial charge in [0.05, 0.1) is 18.6 Å². The molecule has 146 valence electrons. The van der Waals surface area contributed by atoms with Gasteiger partial charge in [-0.15, -0.1) is 0 Å². The van der Waals surface area contributed by atoms with Gasteiger partial charge in [0.2, 0.25) is 10.0 Å². The van der Waals surface area contributed by atoms with Gasteiger partial charge in [-0.2, -0.15) is 4.72 Å². The van der Waals surface area contributed by atoms with Crippen LogP contribution in [0.25, 0.3) is 0 Å². The number of carbonyl (C=O) groups excluding carboxylic acids is 2. The lowest BCUT2D eigenvalue weighted by Crippen LogP contribution is -2.43. The highest BCUT2D eigenvalue weighted by molar-refractivity contribution is 7.89. The lowest BCUT2D eigenvalue weighted by Gasteiger charge is -2.17. The third kappa shape index (κ3) is 6.62. The third-order valence-electron chi connectivity index (χ3n) is 3.32. The lowest BCUT2D eigenvalue weighted by molar-refractivity contribution is -0.156. The van der Waals surface area contributed by atoms with Crippen molar-refractivity contribution < 1.29 is 32.2 Å². The average molecular weight is 388 g/mol. The predicted molar refractivity (Wildman–Crippen MR) is 93.2 cm³/mol. The maximum absolute atomic E-state index is 12.3. The molecule has 0 unspecified atom stereocenters. The number of rotatable bonds is 10. The van der Waals surface area contributed by atoms with E-state index in [0.717, 1.165) is 0 Å². The molecule has 0 aliphatic carbocycles. The standard InChI is InChI=1S/C16H24N2O7S/c1-11(16(20)25-12(2)15(19)17-9-10-23-3)18-26(21,22)14-7-5-13(24-4)6-8-14/h5-8,11-12,18H,9-10H2,1-4H3,(H,17,19)/t11-,12+/m0/s1. The van der Waals surface area contributed by atoms with Gasteiger partial charge in [-0.3, -0.25) is 9.59 Å². The number of hydrogen-bond donors (Lipinski definition) is 2. The van der Waals surface area contributed by atoms with Crippen molar-refractivity contribution in [2.24, 2.45) is 0 Å².